The van der Waals surface area contributed by atoms with E-state index < -0.39 is 11.9 Å². The maximum absolute atomic E-state index is 14.0. The van der Waals surface area contributed by atoms with E-state index in [9.17, 15) is 19.2 Å². The summed E-state index contributed by atoms with van der Waals surface area (Å²) < 4.78 is 5.15. The van der Waals surface area contributed by atoms with Gasteiger partial charge in [-0.3, -0.25) is 14.4 Å². The number of esters is 1. The van der Waals surface area contributed by atoms with Crippen molar-refractivity contribution in [1.82, 2.24) is 20.3 Å². The Morgan fingerprint density at radius 1 is 1.00 bits per heavy atom. The van der Waals surface area contributed by atoms with Gasteiger partial charge in [0.15, 0.2) is 12.1 Å². The third-order valence-electron chi connectivity index (χ3n) is 9.55. The van der Waals surface area contributed by atoms with Crippen molar-refractivity contribution in [3.05, 3.63) is 84.8 Å². The number of aromatic amines is 3. The Morgan fingerprint density at radius 3 is 2.39 bits per heavy atom. The van der Waals surface area contributed by atoms with E-state index in [0.717, 1.165) is 57.4 Å². The second-order valence-electron chi connectivity index (χ2n) is 11.7. The molecule has 226 valence electrons. The van der Waals surface area contributed by atoms with E-state index in [4.69, 9.17) is 4.74 Å². The number of H-pyrrole nitrogens is 3. The number of carbonyl (C=O) groups is 4. The standard InChI is InChI=1S/C35H36N4O5/c1-7-19-16(3)23-12-24-17(4)21(10-9-11-40)32(38-24)30-31(35(43)44-6)34(42)29-18(5)25(39-33(29)30)13-27-20(8-2)22(15-41)28(37-27)14-26(19)36-23/h7,11-15,17,21,31,36-39H,1,8-10H2,2-6H3/b24-12-,27-13-,28-14-,32-30-/t17-,21-,31+/m0/s1. The first kappa shape index (κ1) is 29.2. The average molecular weight is 593 g/mol. The van der Waals surface area contributed by atoms with Crippen LogP contribution in [0.4, 0.5) is 0 Å². The number of hydrogen-bond acceptors (Lipinski definition) is 6. The molecule has 1 saturated heterocycles. The van der Waals surface area contributed by atoms with Gasteiger partial charge in [-0.2, -0.15) is 0 Å². The Kier molecular flexibility index (Phi) is 7.27. The normalized spacial score (nSPS) is 24.4. The van der Waals surface area contributed by atoms with Gasteiger partial charge in [-0.15, -0.1) is 0 Å². The summed E-state index contributed by atoms with van der Waals surface area (Å²) in [7, 11) is 1.29. The molecule has 1 aliphatic carbocycles. The summed E-state index contributed by atoms with van der Waals surface area (Å²) in [6.07, 6.45) is 11.0. The number of hydrogen-bond donors (Lipinski definition) is 4. The van der Waals surface area contributed by atoms with E-state index in [-0.39, 0.29) is 17.6 Å². The molecule has 3 aliphatic rings. The summed E-state index contributed by atoms with van der Waals surface area (Å²) in [5.74, 6) is -2.28. The monoisotopic (exact) mass is 592 g/mol. The average Bonchev–Trinajstić information content (AvgIpc) is 3.76. The number of fused-ring (bicyclic) bond motifs is 7. The number of Topliss-reactive ketones (excluding diaryl/α,β-unsaturated/α-hetero) is 1. The Morgan fingerprint density at radius 2 is 1.73 bits per heavy atom. The maximum Gasteiger partial charge on any atom is 0.321 e. The summed E-state index contributed by atoms with van der Waals surface area (Å²) in [6, 6.07) is 0. The Labute approximate surface area is 254 Å². The van der Waals surface area contributed by atoms with E-state index in [2.05, 4.69) is 33.8 Å². The Bertz CT molecular complexity index is 1960. The van der Waals surface area contributed by atoms with Crippen LogP contribution in [0.15, 0.2) is 18.0 Å². The Balaban J connectivity index is 1.76. The topological polar surface area (TPSA) is 137 Å². The first-order valence-corrected chi connectivity index (χ1v) is 14.9. The van der Waals surface area contributed by atoms with Crippen LogP contribution in [0.3, 0.4) is 0 Å². The lowest BCUT2D eigenvalue weighted by atomic mass is 9.85. The van der Waals surface area contributed by atoms with Crippen molar-refractivity contribution in [2.24, 2.45) is 17.8 Å². The fraction of sp³-hybridized carbons (Fsp3) is 0.314. The highest BCUT2D eigenvalue weighted by Gasteiger charge is 2.48. The molecule has 0 spiro atoms. The summed E-state index contributed by atoms with van der Waals surface area (Å²) in [5, 5.41) is 5.01. The van der Waals surface area contributed by atoms with Crippen molar-refractivity contribution >= 4 is 54.2 Å². The van der Waals surface area contributed by atoms with Crippen LogP contribution >= 0.6 is 0 Å². The molecule has 0 saturated carbocycles. The molecule has 0 aromatic carbocycles. The molecule has 44 heavy (non-hydrogen) atoms. The fourth-order valence-electron chi connectivity index (χ4n) is 7.19. The number of nitrogens with one attached hydrogen (secondary N) is 4. The second kappa shape index (κ2) is 11.0. The van der Waals surface area contributed by atoms with Crippen molar-refractivity contribution in [2.45, 2.75) is 47.0 Å². The molecule has 1 fully saturated rings. The number of ether oxygens (including phenoxy) is 1. The number of aldehydes is 2. The number of ketones is 1. The van der Waals surface area contributed by atoms with Crippen LogP contribution in [-0.4, -0.2) is 46.4 Å². The minimum atomic E-state index is -1.13. The lowest BCUT2D eigenvalue weighted by Crippen LogP contribution is -2.25. The van der Waals surface area contributed by atoms with Gasteiger partial charge in [0.25, 0.3) is 0 Å². The number of rotatable bonds is 7. The van der Waals surface area contributed by atoms with Crippen molar-refractivity contribution in [1.29, 1.82) is 0 Å². The van der Waals surface area contributed by atoms with Gasteiger partial charge in [0, 0.05) is 74.3 Å². The second-order valence-corrected chi connectivity index (χ2v) is 11.7. The minimum absolute atomic E-state index is 0.0469. The molecule has 9 heteroatoms. The maximum atomic E-state index is 14.0. The molecular formula is C35H36N4O5. The zero-order valence-corrected chi connectivity index (χ0v) is 25.6. The van der Waals surface area contributed by atoms with Gasteiger partial charge < -0.3 is 29.8 Å². The summed E-state index contributed by atoms with van der Waals surface area (Å²) in [6.45, 7) is 12.0. The molecular weight excluding hydrogens is 556 g/mol. The summed E-state index contributed by atoms with van der Waals surface area (Å²) in [5.41, 5.74) is 9.63. The van der Waals surface area contributed by atoms with Gasteiger partial charge in [0.1, 0.15) is 12.2 Å². The van der Waals surface area contributed by atoms with E-state index in [1.165, 1.54) is 7.11 Å². The van der Waals surface area contributed by atoms with Gasteiger partial charge in [0.2, 0.25) is 0 Å². The van der Waals surface area contributed by atoms with Gasteiger partial charge in [-0.05, 0) is 61.6 Å². The predicted molar refractivity (Wildman–Crippen MR) is 169 cm³/mol. The molecule has 2 aliphatic heterocycles. The molecule has 6 rings (SSSR count). The van der Waals surface area contributed by atoms with Gasteiger partial charge in [0.05, 0.1) is 18.2 Å². The minimum Gasteiger partial charge on any atom is -0.468 e. The number of aromatic nitrogens is 3. The van der Waals surface area contributed by atoms with Gasteiger partial charge >= 0.3 is 5.97 Å². The first-order valence-electron chi connectivity index (χ1n) is 14.9. The van der Waals surface area contributed by atoms with E-state index in [1.807, 2.05) is 39.0 Å². The molecule has 3 atom stereocenters. The molecule has 5 heterocycles. The lowest BCUT2D eigenvalue weighted by Gasteiger charge is -2.19. The fourth-order valence-corrected chi connectivity index (χ4v) is 7.19. The Hall–Kier alpha value is -4.92. The molecule has 3 aromatic rings. The van der Waals surface area contributed by atoms with Crippen LogP contribution in [0, 0.1) is 31.6 Å². The summed E-state index contributed by atoms with van der Waals surface area (Å²) in [4.78, 5) is 61.6. The number of allylic oxidation sites excluding steroid dienone is 2. The molecule has 0 amide bonds. The quantitative estimate of drug-likeness (QED) is 0.187. The van der Waals surface area contributed by atoms with Gasteiger partial charge in [-0.1, -0.05) is 26.5 Å². The third-order valence-corrected chi connectivity index (χ3v) is 9.55. The molecule has 4 N–H and O–H groups in total. The molecule has 0 radical (unpaired) electrons. The van der Waals surface area contributed by atoms with E-state index in [0.29, 0.717) is 58.3 Å². The van der Waals surface area contributed by atoms with Gasteiger partial charge in [-0.25, -0.2) is 0 Å². The number of carbonyl (C=O) groups excluding carboxylic acids is 4. The number of methoxy groups -OCH3 is 1. The third kappa shape index (κ3) is 4.21. The van der Waals surface area contributed by atoms with Crippen molar-refractivity contribution < 1.29 is 23.9 Å². The van der Waals surface area contributed by atoms with Crippen LogP contribution < -0.4 is 16.0 Å². The van der Waals surface area contributed by atoms with Crippen LogP contribution in [-0.2, 0) is 20.7 Å². The highest BCUT2D eigenvalue weighted by Crippen LogP contribution is 2.48. The van der Waals surface area contributed by atoms with E-state index in [1.54, 1.807) is 6.08 Å². The molecule has 0 unspecified atom stereocenters. The highest BCUT2D eigenvalue weighted by atomic mass is 16.5. The van der Waals surface area contributed by atoms with Crippen LogP contribution in [0.25, 0.3) is 29.9 Å². The zero-order chi connectivity index (χ0) is 31.4. The lowest BCUT2D eigenvalue weighted by molar-refractivity contribution is -0.141. The molecule has 3 aromatic heterocycles. The van der Waals surface area contributed by atoms with Crippen molar-refractivity contribution in [2.75, 3.05) is 7.11 Å². The molecule has 8 bridgehead atoms. The van der Waals surface area contributed by atoms with Crippen LogP contribution in [0.2, 0.25) is 0 Å². The van der Waals surface area contributed by atoms with Crippen LogP contribution in [0.5, 0.6) is 0 Å². The molecule has 9 nitrogen and oxygen atoms in total. The predicted octanol–water partition coefficient (Wildman–Crippen LogP) is 3.85. The van der Waals surface area contributed by atoms with Crippen molar-refractivity contribution in [3.63, 3.8) is 0 Å². The zero-order valence-electron chi connectivity index (χ0n) is 25.6. The van der Waals surface area contributed by atoms with Crippen LogP contribution in [0.1, 0.15) is 92.4 Å². The SMILES string of the molecule is C=Cc1c2[nH]c(c1C)/C=C1\N/C(=C3\c4[nH]c(c(C)c4C(=O)[C@@H]3C(=O)OC)/C=c3\[nH]/c(c(C=O)c3CC)=C\2)[C@@H](CCC=O)[C@@H]1C. The first-order chi connectivity index (χ1) is 21.2. The smallest absolute Gasteiger partial charge is 0.321 e. The largest absolute Gasteiger partial charge is 0.468 e. The highest BCUT2D eigenvalue weighted by molar-refractivity contribution is 6.24. The van der Waals surface area contributed by atoms with Crippen molar-refractivity contribution in [3.8, 4) is 0 Å². The summed E-state index contributed by atoms with van der Waals surface area (Å²) >= 11 is 0. The van der Waals surface area contributed by atoms with E-state index >= 15 is 0 Å².